The molecule has 1 saturated heterocycles. The lowest BCUT2D eigenvalue weighted by Crippen LogP contribution is -2.22. The van der Waals surface area contributed by atoms with Gasteiger partial charge in [-0.15, -0.1) is 0 Å². The Morgan fingerprint density at radius 3 is 2.75 bits per heavy atom. The van der Waals surface area contributed by atoms with Crippen molar-refractivity contribution < 1.29 is 5.11 Å². The molecular weight excluding hydrogens is 250 g/mol. The molecular formula is C16H19N3O. The Morgan fingerprint density at radius 2 is 2.00 bits per heavy atom. The second-order valence-electron chi connectivity index (χ2n) is 5.44. The van der Waals surface area contributed by atoms with Crippen LogP contribution in [0, 0.1) is 12.8 Å². The number of aromatic nitrogens is 2. The van der Waals surface area contributed by atoms with E-state index in [9.17, 15) is 5.11 Å². The van der Waals surface area contributed by atoms with E-state index in [4.69, 9.17) is 0 Å². The summed E-state index contributed by atoms with van der Waals surface area (Å²) >= 11 is 0. The molecule has 0 spiro atoms. The lowest BCUT2D eigenvalue weighted by atomic mass is 9.97. The highest BCUT2D eigenvalue weighted by Crippen LogP contribution is 2.27. The van der Waals surface area contributed by atoms with E-state index in [1.165, 1.54) is 5.56 Å². The zero-order valence-corrected chi connectivity index (χ0v) is 11.6. The number of nitrogens with zero attached hydrogens (tertiary/aromatic N) is 3. The van der Waals surface area contributed by atoms with Crippen LogP contribution in [0.1, 0.15) is 11.1 Å². The largest absolute Gasteiger partial charge is 0.391 e. The predicted molar refractivity (Wildman–Crippen MR) is 78.6 cm³/mol. The van der Waals surface area contributed by atoms with Gasteiger partial charge in [0.25, 0.3) is 0 Å². The van der Waals surface area contributed by atoms with Crippen LogP contribution >= 0.6 is 0 Å². The molecule has 0 amide bonds. The Bertz CT molecular complexity index is 573. The summed E-state index contributed by atoms with van der Waals surface area (Å²) in [6.07, 6.45) is 6.00. The maximum absolute atomic E-state index is 10.3. The molecule has 0 unspecified atom stereocenters. The van der Waals surface area contributed by atoms with Gasteiger partial charge in [0, 0.05) is 37.6 Å². The highest BCUT2D eigenvalue weighted by Gasteiger charge is 2.32. The molecule has 20 heavy (non-hydrogen) atoms. The van der Waals surface area contributed by atoms with E-state index in [1.54, 1.807) is 12.4 Å². The Morgan fingerprint density at radius 1 is 1.20 bits per heavy atom. The molecule has 3 rings (SSSR count). The molecule has 0 bridgehead atoms. The lowest BCUT2D eigenvalue weighted by molar-refractivity contribution is 0.148. The van der Waals surface area contributed by atoms with Gasteiger partial charge >= 0.3 is 0 Å². The summed E-state index contributed by atoms with van der Waals surface area (Å²) in [4.78, 5) is 10.7. The second kappa shape index (κ2) is 5.59. The predicted octanol–water partition coefficient (Wildman–Crippen LogP) is 1.82. The van der Waals surface area contributed by atoms with Crippen LogP contribution in [0.5, 0.6) is 0 Å². The fourth-order valence-electron chi connectivity index (χ4n) is 2.86. The van der Waals surface area contributed by atoms with Crippen LogP contribution in [0.3, 0.4) is 0 Å². The Balaban J connectivity index is 1.73. The number of β-amino-alcohol motifs (C(OH)–C–C–N with tert-alkyl or cyclic N) is 1. The van der Waals surface area contributed by atoms with Crippen LogP contribution < -0.4 is 4.90 Å². The molecule has 4 heteroatoms. The Hall–Kier alpha value is -1.94. The van der Waals surface area contributed by atoms with Crippen molar-refractivity contribution in [2.45, 2.75) is 19.4 Å². The van der Waals surface area contributed by atoms with Crippen molar-refractivity contribution in [2.75, 3.05) is 18.0 Å². The van der Waals surface area contributed by atoms with Crippen molar-refractivity contribution in [1.82, 2.24) is 9.97 Å². The number of aryl methyl sites for hydroxylation is 1. The van der Waals surface area contributed by atoms with Gasteiger partial charge in [-0.25, -0.2) is 4.98 Å². The Labute approximate surface area is 119 Å². The summed E-state index contributed by atoms with van der Waals surface area (Å²) in [5.41, 5.74) is 2.38. The fourth-order valence-corrected chi connectivity index (χ4v) is 2.86. The van der Waals surface area contributed by atoms with Crippen molar-refractivity contribution in [1.29, 1.82) is 0 Å². The molecule has 0 aliphatic carbocycles. The number of aliphatic hydroxyl groups excluding tert-OH is 1. The van der Waals surface area contributed by atoms with Crippen LogP contribution in [-0.2, 0) is 6.42 Å². The summed E-state index contributed by atoms with van der Waals surface area (Å²) in [6.45, 7) is 3.57. The molecule has 1 fully saturated rings. The third-order valence-corrected chi connectivity index (χ3v) is 3.94. The first-order chi connectivity index (χ1) is 9.74. The molecule has 0 saturated carbocycles. The lowest BCUT2D eigenvalue weighted by Gasteiger charge is -2.19. The fraction of sp³-hybridized carbons (Fsp3) is 0.375. The van der Waals surface area contributed by atoms with E-state index in [2.05, 4.69) is 27.9 Å². The molecule has 104 valence electrons. The molecule has 2 aromatic heterocycles. The molecule has 1 aliphatic rings. The maximum atomic E-state index is 10.3. The zero-order chi connectivity index (χ0) is 13.9. The van der Waals surface area contributed by atoms with Gasteiger partial charge in [-0.3, -0.25) is 4.98 Å². The number of aliphatic hydroxyl groups is 1. The first-order valence-electron chi connectivity index (χ1n) is 6.97. The van der Waals surface area contributed by atoms with Gasteiger partial charge in [-0.05, 0) is 42.7 Å². The number of hydrogen-bond acceptors (Lipinski definition) is 4. The van der Waals surface area contributed by atoms with Crippen LogP contribution in [0.15, 0.2) is 42.9 Å². The second-order valence-corrected chi connectivity index (χ2v) is 5.44. The van der Waals surface area contributed by atoms with Crippen molar-refractivity contribution in [2.24, 2.45) is 5.92 Å². The van der Waals surface area contributed by atoms with Gasteiger partial charge in [-0.2, -0.15) is 0 Å². The first kappa shape index (κ1) is 13.1. The van der Waals surface area contributed by atoms with Gasteiger partial charge in [0.15, 0.2) is 0 Å². The summed E-state index contributed by atoms with van der Waals surface area (Å²) in [6, 6.07) is 8.04. The standard InChI is InChI=1S/C16H19N3O/c1-12-3-2-6-18-16(12)19-10-14(15(20)11-19)9-13-4-7-17-8-5-13/h2-8,14-15,20H,9-11H2,1H3/t14-,15+/m1/s1. The van der Waals surface area contributed by atoms with Crippen molar-refractivity contribution in [3.8, 4) is 0 Å². The maximum Gasteiger partial charge on any atom is 0.131 e. The summed E-state index contributed by atoms with van der Waals surface area (Å²) in [5.74, 6) is 1.24. The smallest absolute Gasteiger partial charge is 0.131 e. The van der Waals surface area contributed by atoms with Crippen LogP contribution in [0.4, 0.5) is 5.82 Å². The number of rotatable bonds is 3. The number of anilines is 1. The quantitative estimate of drug-likeness (QED) is 0.923. The zero-order valence-electron chi connectivity index (χ0n) is 11.6. The molecule has 2 aromatic rings. The average Bonchev–Trinajstić information content (AvgIpc) is 2.81. The SMILES string of the molecule is Cc1cccnc1N1C[C@@H](Cc2ccncc2)[C@@H](O)C1. The van der Waals surface area contributed by atoms with Crippen LogP contribution in [0.25, 0.3) is 0 Å². The van der Waals surface area contributed by atoms with Crippen LogP contribution in [-0.4, -0.2) is 34.3 Å². The summed E-state index contributed by atoms with van der Waals surface area (Å²) < 4.78 is 0. The third-order valence-electron chi connectivity index (χ3n) is 3.94. The van der Waals surface area contributed by atoms with Gasteiger partial charge in [0.2, 0.25) is 0 Å². The van der Waals surface area contributed by atoms with Crippen LogP contribution in [0.2, 0.25) is 0 Å². The van der Waals surface area contributed by atoms with E-state index in [-0.39, 0.29) is 12.0 Å². The number of hydrogen-bond donors (Lipinski definition) is 1. The first-order valence-corrected chi connectivity index (χ1v) is 6.97. The van der Waals surface area contributed by atoms with E-state index in [0.717, 1.165) is 24.3 Å². The average molecular weight is 269 g/mol. The van der Waals surface area contributed by atoms with Gasteiger partial charge in [0.05, 0.1) is 6.10 Å². The minimum Gasteiger partial charge on any atom is -0.391 e. The molecule has 0 radical (unpaired) electrons. The summed E-state index contributed by atoms with van der Waals surface area (Å²) in [5, 5.41) is 10.3. The van der Waals surface area contributed by atoms with E-state index in [0.29, 0.717) is 6.54 Å². The molecule has 1 aliphatic heterocycles. The molecule has 3 heterocycles. The van der Waals surface area contributed by atoms with Gasteiger partial charge in [0.1, 0.15) is 5.82 Å². The molecule has 1 N–H and O–H groups in total. The highest BCUT2D eigenvalue weighted by atomic mass is 16.3. The van der Waals surface area contributed by atoms with E-state index in [1.807, 2.05) is 24.4 Å². The minimum atomic E-state index is -0.301. The number of pyridine rings is 2. The molecule has 0 aromatic carbocycles. The minimum absolute atomic E-state index is 0.249. The van der Waals surface area contributed by atoms with E-state index >= 15 is 0 Å². The monoisotopic (exact) mass is 269 g/mol. The van der Waals surface area contributed by atoms with Crippen molar-refractivity contribution in [3.05, 3.63) is 54.0 Å². The topological polar surface area (TPSA) is 49.2 Å². The van der Waals surface area contributed by atoms with Crippen molar-refractivity contribution in [3.63, 3.8) is 0 Å². The molecule has 2 atom stereocenters. The Kier molecular flexibility index (Phi) is 3.65. The van der Waals surface area contributed by atoms with Gasteiger partial charge in [-0.1, -0.05) is 6.07 Å². The molecule has 4 nitrogen and oxygen atoms in total. The highest BCUT2D eigenvalue weighted by molar-refractivity contribution is 5.47. The normalized spacial score (nSPS) is 22.2. The van der Waals surface area contributed by atoms with Crippen molar-refractivity contribution >= 4 is 5.82 Å². The summed E-state index contributed by atoms with van der Waals surface area (Å²) in [7, 11) is 0. The third kappa shape index (κ3) is 2.65. The van der Waals surface area contributed by atoms with E-state index < -0.39 is 0 Å². The van der Waals surface area contributed by atoms with Gasteiger partial charge < -0.3 is 10.0 Å².